The SMILES string of the molecule is Fc1cc(-c2cccc(Cl)n2)cc(F)c1F. The number of halogens is 4. The van der Waals surface area contributed by atoms with Crippen LogP contribution in [0.25, 0.3) is 11.3 Å². The van der Waals surface area contributed by atoms with Crippen LogP contribution in [0.2, 0.25) is 5.15 Å². The van der Waals surface area contributed by atoms with Gasteiger partial charge in [0.1, 0.15) is 5.15 Å². The summed E-state index contributed by atoms with van der Waals surface area (Å²) in [6, 6.07) is 6.39. The molecule has 1 aromatic heterocycles. The maximum absolute atomic E-state index is 13.0. The van der Waals surface area contributed by atoms with Crippen molar-refractivity contribution in [1.29, 1.82) is 0 Å². The molecule has 0 radical (unpaired) electrons. The van der Waals surface area contributed by atoms with Crippen molar-refractivity contribution in [2.75, 3.05) is 0 Å². The normalized spacial score (nSPS) is 10.5. The highest BCUT2D eigenvalue weighted by Gasteiger charge is 2.12. The first-order valence-corrected chi connectivity index (χ1v) is 4.73. The van der Waals surface area contributed by atoms with Gasteiger partial charge in [-0.15, -0.1) is 0 Å². The third-order valence-electron chi connectivity index (χ3n) is 1.99. The van der Waals surface area contributed by atoms with Gasteiger partial charge in [0.2, 0.25) is 0 Å². The Bertz CT molecular complexity index is 519. The zero-order chi connectivity index (χ0) is 11.7. The number of pyridine rings is 1. The van der Waals surface area contributed by atoms with Crippen LogP contribution >= 0.6 is 11.6 Å². The van der Waals surface area contributed by atoms with E-state index >= 15 is 0 Å². The minimum atomic E-state index is -1.49. The highest BCUT2D eigenvalue weighted by atomic mass is 35.5. The van der Waals surface area contributed by atoms with E-state index in [1.165, 1.54) is 12.1 Å². The van der Waals surface area contributed by atoms with E-state index in [0.717, 1.165) is 12.1 Å². The lowest BCUT2D eigenvalue weighted by Crippen LogP contribution is -1.93. The molecule has 16 heavy (non-hydrogen) atoms. The number of aromatic nitrogens is 1. The number of hydrogen-bond donors (Lipinski definition) is 0. The summed E-state index contributed by atoms with van der Waals surface area (Å²) in [5.41, 5.74) is 0.421. The molecule has 0 saturated carbocycles. The van der Waals surface area contributed by atoms with Crippen LogP contribution < -0.4 is 0 Å². The van der Waals surface area contributed by atoms with Crippen molar-refractivity contribution in [3.05, 3.63) is 52.9 Å². The second-order valence-electron chi connectivity index (χ2n) is 3.10. The van der Waals surface area contributed by atoms with E-state index in [1.807, 2.05) is 0 Å². The summed E-state index contributed by atoms with van der Waals surface area (Å²) in [5.74, 6) is -4.00. The molecule has 0 aliphatic carbocycles. The van der Waals surface area contributed by atoms with Gasteiger partial charge in [-0.2, -0.15) is 0 Å². The second kappa shape index (κ2) is 4.14. The van der Waals surface area contributed by atoms with Gasteiger partial charge in [0.15, 0.2) is 17.5 Å². The van der Waals surface area contributed by atoms with Gasteiger partial charge in [-0.1, -0.05) is 17.7 Å². The van der Waals surface area contributed by atoms with E-state index in [4.69, 9.17) is 11.6 Å². The number of rotatable bonds is 1. The maximum Gasteiger partial charge on any atom is 0.194 e. The Balaban J connectivity index is 2.57. The van der Waals surface area contributed by atoms with Crippen molar-refractivity contribution in [1.82, 2.24) is 4.98 Å². The molecule has 1 heterocycles. The molecule has 0 aliphatic rings. The van der Waals surface area contributed by atoms with Gasteiger partial charge in [0.25, 0.3) is 0 Å². The van der Waals surface area contributed by atoms with E-state index in [9.17, 15) is 13.2 Å². The molecule has 0 bridgehead atoms. The molecular formula is C11H5ClF3N. The zero-order valence-electron chi connectivity index (χ0n) is 7.85. The lowest BCUT2D eigenvalue weighted by Gasteiger charge is -2.03. The van der Waals surface area contributed by atoms with E-state index in [0.29, 0.717) is 0 Å². The molecule has 2 rings (SSSR count). The van der Waals surface area contributed by atoms with Gasteiger partial charge in [-0.05, 0) is 24.3 Å². The second-order valence-corrected chi connectivity index (χ2v) is 3.49. The van der Waals surface area contributed by atoms with Crippen LogP contribution in [0.4, 0.5) is 13.2 Å². The summed E-state index contributed by atoms with van der Waals surface area (Å²) in [6.45, 7) is 0. The fourth-order valence-electron chi connectivity index (χ4n) is 1.27. The molecule has 0 unspecified atom stereocenters. The quantitative estimate of drug-likeness (QED) is 0.548. The summed E-state index contributed by atoms with van der Waals surface area (Å²) < 4.78 is 38.6. The molecule has 2 aromatic rings. The Kier molecular flexibility index (Phi) is 2.83. The highest BCUT2D eigenvalue weighted by molar-refractivity contribution is 6.29. The van der Waals surface area contributed by atoms with Gasteiger partial charge in [-0.25, -0.2) is 18.2 Å². The summed E-state index contributed by atoms with van der Waals surface area (Å²) in [5, 5.41) is 0.197. The van der Waals surface area contributed by atoms with E-state index in [-0.39, 0.29) is 16.4 Å². The van der Waals surface area contributed by atoms with E-state index < -0.39 is 17.5 Å². The largest absolute Gasteiger partial charge is 0.236 e. The molecule has 0 amide bonds. The predicted molar refractivity (Wildman–Crippen MR) is 54.6 cm³/mol. The minimum Gasteiger partial charge on any atom is -0.236 e. The molecule has 0 aliphatic heterocycles. The van der Waals surface area contributed by atoms with Crippen LogP contribution in [0.15, 0.2) is 30.3 Å². The average Bonchev–Trinajstić information content (AvgIpc) is 2.25. The molecule has 0 N–H and O–H groups in total. The van der Waals surface area contributed by atoms with Crippen LogP contribution in [-0.4, -0.2) is 4.98 Å². The molecule has 0 fully saturated rings. The molecule has 82 valence electrons. The Hall–Kier alpha value is -1.55. The van der Waals surface area contributed by atoms with Crippen LogP contribution in [0.1, 0.15) is 0 Å². The fourth-order valence-corrected chi connectivity index (χ4v) is 1.44. The molecule has 0 saturated heterocycles. The first kappa shape index (κ1) is 11.0. The summed E-state index contributed by atoms with van der Waals surface area (Å²) in [6.07, 6.45) is 0. The molecule has 5 heteroatoms. The van der Waals surface area contributed by atoms with Crippen molar-refractivity contribution in [3.63, 3.8) is 0 Å². The van der Waals surface area contributed by atoms with Crippen molar-refractivity contribution in [2.24, 2.45) is 0 Å². The lowest BCUT2D eigenvalue weighted by molar-refractivity contribution is 0.447. The highest BCUT2D eigenvalue weighted by Crippen LogP contribution is 2.23. The zero-order valence-corrected chi connectivity index (χ0v) is 8.60. The first-order chi connectivity index (χ1) is 7.58. The fraction of sp³-hybridized carbons (Fsp3) is 0. The molecule has 1 nitrogen and oxygen atoms in total. The molecule has 0 spiro atoms. The number of benzene rings is 1. The third kappa shape index (κ3) is 2.02. The third-order valence-corrected chi connectivity index (χ3v) is 2.21. The van der Waals surface area contributed by atoms with E-state index in [1.54, 1.807) is 6.07 Å². The van der Waals surface area contributed by atoms with Gasteiger partial charge in [-0.3, -0.25) is 0 Å². The van der Waals surface area contributed by atoms with E-state index in [2.05, 4.69) is 4.98 Å². The van der Waals surface area contributed by atoms with Gasteiger partial charge in [0.05, 0.1) is 5.69 Å². The van der Waals surface area contributed by atoms with Gasteiger partial charge >= 0.3 is 0 Å². The Labute approximate surface area is 94.5 Å². The molecular weight excluding hydrogens is 239 g/mol. The van der Waals surface area contributed by atoms with Crippen LogP contribution in [-0.2, 0) is 0 Å². The van der Waals surface area contributed by atoms with Crippen molar-refractivity contribution in [2.45, 2.75) is 0 Å². The standard InChI is InChI=1S/C11H5ClF3N/c12-10-3-1-2-9(16-10)6-4-7(13)11(15)8(14)5-6/h1-5H. The van der Waals surface area contributed by atoms with Gasteiger partial charge < -0.3 is 0 Å². The Morgan fingerprint density at radius 1 is 1.00 bits per heavy atom. The topological polar surface area (TPSA) is 12.9 Å². The van der Waals surface area contributed by atoms with Crippen molar-refractivity contribution < 1.29 is 13.2 Å². The van der Waals surface area contributed by atoms with Crippen LogP contribution in [0.3, 0.4) is 0 Å². The first-order valence-electron chi connectivity index (χ1n) is 4.35. The molecule has 0 atom stereocenters. The maximum atomic E-state index is 13.0. The summed E-state index contributed by atoms with van der Waals surface area (Å²) in [4.78, 5) is 3.86. The summed E-state index contributed by atoms with van der Waals surface area (Å²) >= 11 is 5.63. The Morgan fingerprint density at radius 3 is 2.19 bits per heavy atom. The Morgan fingerprint density at radius 2 is 1.62 bits per heavy atom. The minimum absolute atomic E-state index is 0.138. The summed E-state index contributed by atoms with van der Waals surface area (Å²) in [7, 11) is 0. The average molecular weight is 244 g/mol. The number of hydrogen-bond acceptors (Lipinski definition) is 1. The molecule has 1 aromatic carbocycles. The van der Waals surface area contributed by atoms with Crippen LogP contribution in [0, 0.1) is 17.5 Å². The van der Waals surface area contributed by atoms with Crippen LogP contribution in [0.5, 0.6) is 0 Å². The van der Waals surface area contributed by atoms with Gasteiger partial charge in [0, 0.05) is 5.56 Å². The van der Waals surface area contributed by atoms with Crippen molar-refractivity contribution in [3.8, 4) is 11.3 Å². The number of nitrogens with zero attached hydrogens (tertiary/aromatic N) is 1. The predicted octanol–water partition coefficient (Wildman–Crippen LogP) is 3.82. The van der Waals surface area contributed by atoms with Crippen molar-refractivity contribution >= 4 is 11.6 Å². The monoisotopic (exact) mass is 243 g/mol. The lowest BCUT2D eigenvalue weighted by atomic mass is 10.1. The smallest absolute Gasteiger partial charge is 0.194 e.